The van der Waals surface area contributed by atoms with E-state index in [-0.39, 0.29) is 13.1 Å². The molecule has 3 rings (SSSR count). The van der Waals surface area contributed by atoms with E-state index in [0.29, 0.717) is 17.1 Å². The van der Waals surface area contributed by atoms with Crippen LogP contribution in [0.1, 0.15) is 18.2 Å². The standard InChI is InChI=1S/C21H22N2O5/c1-21(26,18-11-14-7-3-6-10-17(14)28-18)13-23-20(25)19(24)22-12-15-8-4-5-9-16(15)27-2/h3-11,26H,12-13H2,1-2H3,(H,22,24)(H,23,25)/t21-/m1/s1. The van der Waals surface area contributed by atoms with Gasteiger partial charge in [-0.3, -0.25) is 9.59 Å². The maximum absolute atomic E-state index is 12.1. The molecule has 1 aromatic heterocycles. The molecule has 1 atom stereocenters. The van der Waals surface area contributed by atoms with Gasteiger partial charge in [0.05, 0.1) is 13.7 Å². The molecule has 0 radical (unpaired) electrons. The summed E-state index contributed by atoms with van der Waals surface area (Å²) in [6.45, 7) is 1.49. The molecule has 1 heterocycles. The lowest BCUT2D eigenvalue weighted by Crippen LogP contribution is -2.45. The number of hydrogen-bond donors (Lipinski definition) is 3. The van der Waals surface area contributed by atoms with E-state index in [4.69, 9.17) is 9.15 Å². The molecule has 3 N–H and O–H groups in total. The quantitative estimate of drug-likeness (QED) is 0.567. The Kier molecular flexibility index (Phi) is 5.65. The number of aliphatic hydroxyl groups is 1. The molecule has 0 saturated heterocycles. The van der Waals surface area contributed by atoms with Crippen molar-refractivity contribution in [2.45, 2.75) is 19.1 Å². The molecular formula is C21H22N2O5. The number of para-hydroxylation sites is 2. The van der Waals surface area contributed by atoms with E-state index in [1.165, 1.54) is 14.0 Å². The minimum Gasteiger partial charge on any atom is -0.496 e. The van der Waals surface area contributed by atoms with Gasteiger partial charge in [0, 0.05) is 17.5 Å². The zero-order valence-electron chi connectivity index (χ0n) is 15.7. The Morgan fingerprint density at radius 2 is 1.75 bits per heavy atom. The predicted octanol–water partition coefficient (Wildman–Crippen LogP) is 2.08. The minimum absolute atomic E-state index is 0.149. The number of nitrogens with one attached hydrogen (secondary N) is 2. The minimum atomic E-state index is -1.46. The second kappa shape index (κ2) is 8.14. The van der Waals surface area contributed by atoms with E-state index in [9.17, 15) is 14.7 Å². The molecule has 0 aliphatic heterocycles. The summed E-state index contributed by atoms with van der Waals surface area (Å²) in [5, 5.41) is 16.5. The fourth-order valence-electron chi connectivity index (χ4n) is 2.77. The Balaban J connectivity index is 1.57. The number of carbonyl (C=O) groups excluding carboxylic acids is 2. The lowest BCUT2D eigenvalue weighted by atomic mass is 10.0. The lowest BCUT2D eigenvalue weighted by molar-refractivity contribution is -0.140. The van der Waals surface area contributed by atoms with Crippen molar-refractivity contribution in [3.63, 3.8) is 0 Å². The van der Waals surface area contributed by atoms with Gasteiger partial charge in [-0.2, -0.15) is 0 Å². The third kappa shape index (κ3) is 4.32. The molecule has 0 saturated carbocycles. The monoisotopic (exact) mass is 382 g/mol. The molecule has 2 amide bonds. The third-order valence-electron chi connectivity index (χ3n) is 4.39. The number of carbonyl (C=O) groups is 2. The van der Waals surface area contributed by atoms with E-state index in [2.05, 4.69) is 10.6 Å². The summed E-state index contributed by atoms with van der Waals surface area (Å²) in [6.07, 6.45) is 0. The number of ether oxygens (including phenoxy) is 1. The van der Waals surface area contributed by atoms with Crippen LogP contribution in [0.25, 0.3) is 11.0 Å². The highest BCUT2D eigenvalue weighted by Gasteiger charge is 2.29. The normalized spacial score (nSPS) is 13.0. The van der Waals surface area contributed by atoms with Crippen molar-refractivity contribution in [3.8, 4) is 5.75 Å². The Morgan fingerprint density at radius 3 is 2.50 bits per heavy atom. The van der Waals surface area contributed by atoms with Crippen LogP contribution in [-0.2, 0) is 21.7 Å². The number of furan rings is 1. The van der Waals surface area contributed by atoms with Crippen molar-refractivity contribution < 1.29 is 23.8 Å². The van der Waals surface area contributed by atoms with Crippen LogP contribution in [0.15, 0.2) is 59.0 Å². The molecule has 7 nitrogen and oxygen atoms in total. The van der Waals surface area contributed by atoms with E-state index in [0.717, 1.165) is 10.9 Å². The number of methoxy groups -OCH3 is 1. The van der Waals surface area contributed by atoms with Gasteiger partial charge >= 0.3 is 11.8 Å². The van der Waals surface area contributed by atoms with Crippen LogP contribution in [-0.4, -0.2) is 30.6 Å². The van der Waals surface area contributed by atoms with Gasteiger partial charge in [-0.25, -0.2) is 0 Å². The highest BCUT2D eigenvalue weighted by Crippen LogP contribution is 2.27. The van der Waals surface area contributed by atoms with E-state index < -0.39 is 17.4 Å². The average Bonchev–Trinajstić information content (AvgIpc) is 3.15. The number of rotatable bonds is 6. The summed E-state index contributed by atoms with van der Waals surface area (Å²) >= 11 is 0. The maximum atomic E-state index is 12.1. The summed E-state index contributed by atoms with van der Waals surface area (Å²) in [6, 6.07) is 16.3. The second-order valence-electron chi connectivity index (χ2n) is 6.60. The Bertz CT molecular complexity index is 960. The number of fused-ring (bicyclic) bond motifs is 1. The van der Waals surface area contributed by atoms with Crippen LogP contribution in [0.5, 0.6) is 5.75 Å². The van der Waals surface area contributed by atoms with E-state index in [1.54, 1.807) is 24.3 Å². The van der Waals surface area contributed by atoms with Gasteiger partial charge in [0.15, 0.2) is 0 Å². The Labute approximate surface area is 162 Å². The first-order valence-corrected chi connectivity index (χ1v) is 8.80. The topological polar surface area (TPSA) is 101 Å². The molecule has 0 bridgehead atoms. The van der Waals surface area contributed by atoms with Crippen LogP contribution < -0.4 is 15.4 Å². The number of hydrogen-bond acceptors (Lipinski definition) is 5. The van der Waals surface area contributed by atoms with E-state index in [1.807, 2.05) is 30.3 Å². The van der Waals surface area contributed by atoms with E-state index >= 15 is 0 Å². The first-order chi connectivity index (χ1) is 13.4. The highest BCUT2D eigenvalue weighted by molar-refractivity contribution is 6.35. The maximum Gasteiger partial charge on any atom is 0.309 e. The number of benzene rings is 2. The van der Waals surface area contributed by atoms with Gasteiger partial charge in [0.2, 0.25) is 0 Å². The molecule has 0 fully saturated rings. The van der Waals surface area contributed by atoms with Crippen LogP contribution in [0.4, 0.5) is 0 Å². The summed E-state index contributed by atoms with van der Waals surface area (Å²) in [5.41, 5.74) is -0.0727. The molecule has 0 spiro atoms. The number of amides is 2. The highest BCUT2D eigenvalue weighted by atomic mass is 16.5. The molecule has 0 aliphatic carbocycles. The van der Waals surface area contributed by atoms with Crippen molar-refractivity contribution in [1.82, 2.24) is 10.6 Å². The van der Waals surface area contributed by atoms with Crippen molar-refractivity contribution in [2.24, 2.45) is 0 Å². The van der Waals surface area contributed by atoms with Crippen molar-refractivity contribution in [1.29, 1.82) is 0 Å². The summed E-state index contributed by atoms with van der Waals surface area (Å²) in [5.74, 6) is -0.711. The van der Waals surface area contributed by atoms with Crippen LogP contribution >= 0.6 is 0 Å². The second-order valence-corrected chi connectivity index (χ2v) is 6.60. The molecule has 146 valence electrons. The SMILES string of the molecule is COc1ccccc1CNC(=O)C(=O)NC[C@@](C)(O)c1cc2ccccc2o1. The van der Waals surface area contributed by atoms with Crippen LogP contribution in [0.3, 0.4) is 0 Å². The lowest BCUT2D eigenvalue weighted by Gasteiger charge is -2.21. The van der Waals surface area contributed by atoms with Crippen LogP contribution in [0.2, 0.25) is 0 Å². The molecule has 0 unspecified atom stereocenters. The largest absolute Gasteiger partial charge is 0.496 e. The van der Waals surface area contributed by atoms with Gasteiger partial charge in [0.25, 0.3) is 0 Å². The van der Waals surface area contributed by atoms with Gasteiger partial charge in [-0.1, -0.05) is 36.4 Å². The summed E-state index contributed by atoms with van der Waals surface area (Å²) < 4.78 is 10.8. The fraction of sp³-hybridized carbons (Fsp3) is 0.238. The predicted molar refractivity (Wildman–Crippen MR) is 104 cm³/mol. The van der Waals surface area contributed by atoms with Crippen molar-refractivity contribution in [3.05, 3.63) is 65.9 Å². The third-order valence-corrected chi connectivity index (χ3v) is 4.39. The van der Waals surface area contributed by atoms with Crippen LogP contribution in [0, 0.1) is 0 Å². The first kappa shape index (κ1) is 19.4. The molecule has 7 heteroatoms. The molecule has 2 aromatic carbocycles. The zero-order chi connectivity index (χ0) is 20.1. The van der Waals surface area contributed by atoms with Gasteiger partial charge in [-0.05, 0) is 25.1 Å². The molecular weight excluding hydrogens is 360 g/mol. The smallest absolute Gasteiger partial charge is 0.309 e. The Morgan fingerprint density at radius 1 is 1.07 bits per heavy atom. The fourth-order valence-corrected chi connectivity index (χ4v) is 2.77. The van der Waals surface area contributed by atoms with Crippen molar-refractivity contribution >= 4 is 22.8 Å². The summed E-state index contributed by atoms with van der Waals surface area (Å²) in [7, 11) is 1.54. The zero-order valence-corrected chi connectivity index (χ0v) is 15.7. The van der Waals surface area contributed by atoms with Gasteiger partial charge in [-0.15, -0.1) is 0 Å². The average molecular weight is 382 g/mol. The Hall–Kier alpha value is -3.32. The first-order valence-electron chi connectivity index (χ1n) is 8.80. The molecule has 0 aliphatic rings. The van der Waals surface area contributed by atoms with Gasteiger partial charge in [0.1, 0.15) is 22.7 Å². The van der Waals surface area contributed by atoms with Gasteiger partial charge < -0.3 is 24.9 Å². The molecule has 3 aromatic rings. The van der Waals surface area contributed by atoms with Crippen molar-refractivity contribution in [2.75, 3.05) is 13.7 Å². The molecule has 28 heavy (non-hydrogen) atoms. The summed E-state index contributed by atoms with van der Waals surface area (Å²) in [4.78, 5) is 24.1.